The Labute approximate surface area is 169 Å². The van der Waals surface area contributed by atoms with Crippen LogP contribution in [0.2, 0.25) is 0 Å². The maximum Gasteiger partial charge on any atom is 0.257 e. The number of rotatable bonds is 6. The van der Waals surface area contributed by atoms with Crippen molar-refractivity contribution in [3.63, 3.8) is 0 Å². The third kappa shape index (κ3) is 3.39. The number of aryl methyl sites for hydroxylation is 2. The van der Waals surface area contributed by atoms with Crippen LogP contribution in [0, 0.1) is 6.92 Å². The van der Waals surface area contributed by atoms with Gasteiger partial charge in [0.15, 0.2) is 5.60 Å². The molecule has 2 fully saturated rings. The van der Waals surface area contributed by atoms with Gasteiger partial charge >= 0.3 is 0 Å². The Morgan fingerprint density at radius 3 is 2.96 bits per heavy atom. The first-order chi connectivity index (χ1) is 13.5. The summed E-state index contributed by atoms with van der Waals surface area (Å²) >= 11 is 1.77. The number of carbonyl (C=O) groups excluding carboxylic acids is 1. The summed E-state index contributed by atoms with van der Waals surface area (Å²) in [5.41, 5.74) is 1.50. The fraction of sp³-hybridized carbons (Fsp3) is 0.600. The molecule has 4 heterocycles. The Kier molecular flexibility index (Phi) is 5.55. The van der Waals surface area contributed by atoms with Gasteiger partial charge in [0, 0.05) is 63.6 Å². The van der Waals surface area contributed by atoms with E-state index in [-0.39, 0.29) is 11.8 Å². The SMILES string of the molecule is COCCN1CCO[C@@]2(CN(Cc3sccc3C)C[C@@H]2c2ccnn2C)C1=O. The van der Waals surface area contributed by atoms with E-state index in [2.05, 4.69) is 28.4 Å². The molecule has 2 aliphatic rings. The number of morpholine rings is 1. The lowest BCUT2D eigenvalue weighted by atomic mass is 9.85. The number of carbonyl (C=O) groups is 1. The minimum absolute atomic E-state index is 0.0434. The van der Waals surface area contributed by atoms with Gasteiger partial charge in [-0.3, -0.25) is 14.4 Å². The number of ether oxygens (including phenoxy) is 2. The normalized spacial score (nSPS) is 25.9. The molecule has 0 unspecified atom stereocenters. The van der Waals surface area contributed by atoms with E-state index in [1.54, 1.807) is 24.6 Å². The minimum Gasteiger partial charge on any atom is -0.383 e. The van der Waals surface area contributed by atoms with Gasteiger partial charge in [-0.05, 0) is 30.0 Å². The van der Waals surface area contributed by atoms with E-state index in [1.165, 1.54) is 10.4 Å². The third-order valence-electron chi connectivity index (χ3n) is 5.95. The zero-order valence-electron chi connectivity index (χ0n) is 16.8. The average Bonchev–Trinajstić information content (AvgIpc) is 3.37. The zero-order valence-corrected chi connectivity index (χ0v) is 17.6. The summed E-state index contributed by atoms with van der Waals surface area (Å²) in [6.07, 6.45) is 1.80. The summed E-state index contributed by atoms with van der Waals surface area (Å²) in [5, 5.41) is 6.48. The van der Waals surface area contributed by atoms with Gasteiger partial charge in [0.2, 0.25) is 0 Å². The zero-order chi connectivity index (χ0) is 19.7. The predicted molar refractivity (Wildman–Crippen MR) is 107 cm³/mol. The van der Waals surface area contributed by atoms with Crippen LogP contribution in [-0.4, -0.2) is 77.6 Å². The van der Waals surface area contributed by atoms with Crippen LogP contribution >= 0.6 is 11.3 Å². The third-order valence-corrected chi connectivity index (χ3v) is 6.96. The van der Waals surface area contributed by atoms with E-state index >= 15 is 0 Å². The van der Waals surface area contributed by atoms with E-state index in [9.17, 15) is 4.79 Å². The molecule has 2 aromatic heterocycles. The van der Waals surface area contributed by atoms with Gasteiger partial charge in [0.25, 0.3) is 5.91 Å². The predicted octanol–water partition coefficient (Wildman–Crippen LogP) is 1.63. The van der Waals surface area contributed by atoms with Crippen molar-refractivity contribution in [3.8, 4) is 0 Å². The van der Waals surface area contributed by atoms with Crippen LogP contribution in [0.4, 0.5) is 0 Å². The molecule has 2 atom stereocenters. The first-order valence-electron chi connectivity index (χ1n) is 9.70. The van der Waals surface area contributed by atoms with Crippen LogP contribution in [0.1, 0.15) is 22.1 Å². The van der Waals surface area contributed by atoms with E-state index in [0.717, 1.165) is 18.8 Å². The van der Waals surface area contributed by atoms with Crippen molar-refractivity contribution >= 4 is 17.2 Å². The summed E-state index contributed by atoms with van der Waals surface area (Å²) < 4.78 is 13.4. The van der Waals surface area contributed by atoms with Gasteiger partial charge in [0.05, 0.1) is 19.1 Å². The van der Waals surface area contributed by atoms with Gasteiger partial charge in [-0.25, -0.2) is 0 Å². The van der Waals surface area contributed by atoms with E-state index in [0.29, 0.717) is 32.8 Å². The molecule has 4 rings (SSSR count). The Balaban J connectivity index is 1.64. The summed E-state index contributed by atoms with van der Waals surface area (Å²) in [6.45, 7) is 6.67. The fourth-order valence-electron chi connectivity index (χ4n) is 4.41. The van der Waals surface area contributed by atoms with Crippen molar-refractivity contribution < 1.29 is 14.3 Å². The smallest absolute Gasteiger partial charge is 0.257 e. The van der Waals surface area contributed by atoms with E-state index in [1.807, 2.05) is 22.7 Å². The molecule has 0 N–H and O–H groups in total. The van der Waals surface area contributed by atoms with Crippen LogP contribution in [0.5, 0.6) is 0 Å². The van der Waals surface area contributed by atoms with Gasteiger partial charge in [0.1, 0.15) is 0 Å². The summed E-state index contributed by atoms with van der Waals surface area (Å²) in [6, 6.07) is 4.16. The van der Waals surface area contributed by atoms with Crippen molar-refractivity contribution in [2.75, 3.05) is 46.5 Å². The molecule has 2 aliphatic heterocycles. The molecule has 7 nitrogen and oxygen atoms in total. The summed E-state index contributed by atoms with van der Waals surface area (Å²) in [7, 11) is 3.60. The largest absolute Gasteiger partial charge is 0.383 e. The lowest BCUT2D eigenvalue weighted by Crippen LogP contribution is -2.60. The maximum absolute atomic E-state index is 13.6. The van der Waals surface area contributed by atoms with Gasteiger partial charge in [-0.2, -0.15) is 5.10 Å². The highest BCUT2D eigenvalue weighted by molar-refractivity contribution is 7.10. The van der Waals surface area contributed by atoms with E-state index < -0.39 is 5.60 Å². The number of amides is 1. The molecule has 0 aliphatic carbocycles. The topological polar surface area (TPSA) is 59.8 Å². The maximum atomic E-state index is 13.6. The molecule has 8 heteroatoms. The Morgan fingerprint density at radius 2 is 2.29 bits per heavy atom. The monoisotopic (exact) mass is 404 g/mol. The van der Waals surface area contributed by atoms with Crippen LogP contribution < -0.4 is 0 Å². The van der Waals surface area contributed by atoms with Crippen LogP contribution in [-0.2, 0) is 27.9 Å². The number of hydrogen-bond acceptors (Lipinski definition) is 6. The van der Waals surface area contributed by atoms with Crippen molar-refractivity contribution in [3.05, 3.63) is 39.8 Å². The van der Waals surface area contributed by atoms with Crippen molar-refractivity contribution in [2.45, 2.75) is 25.0 Å². The molecule has 2 saturated heterocycles. The van der Waals surface area contributed by atoms with Gasteiger partial charge < -0.3 is 14.4 Å². The first kappa shape index (κ1) is 19.6. The van der Waals surface area contributed by atoms with Gasteiger partial charge in [-0.15, -0.1) is 11.3 Å². The van der Waals surface area contributed by atoms with Crippen molar-refractivity contribution in [1.82, 2.24) is 19.6 Å². The highest BCUT2D eigenvalue weighted by Crippen LogP contribution is 2.42. The lowest BCUT2D eigenvalue weighted by Gasteiger charge is -2.42. The molecular weight excluding hydrogens is 376 g/mol. The van der Waals surface area contributed by atoms with Crippen LogP contribution in [0.15, 0.2) is 23.7 Å². The Bertz CT molecular complexity index is 835. The van der Waals surface area contributed by atoms with Crippen molar-refractivity contribution in [2.24, 2.45) is 7.05 Å². The average molecular weight is 405 g/mol. The molecule has 1 spiro atoms. The summed E-state index contributed by atoms with van der Waals surface area (Å²) in [4.78, 5) is 19.2. The number of thiophene rings is 1. The highest BCUT2D eigenvalue weighted by atomic mass is 32.1. The molecule has 0 radical (unpaired) electrons. The second kappa shape index (κ2) is 7.94. The number of methoxy groups -OCH3 is 1. The molecule has 152 valence electrons. The first-order valence-corrected chi connectivity index (χ1v) is 10.6. The Hall–Kier alpha value is -1.74. The standard InChI is InChI=1S/C20H28N4O3S/c1-15-5-11-28-18(15)13-23-12-16(17-4-6-21-22(17)2)20(14-23)19(25)24(7-9-26-3)8-10-27-20/h4-6,11,16H,7-10,12-14H2,1-3H3/t16-,20-/m1/s1. The Morgan fingerprint density at radius 1 is 1.43 bits per heavy atom. The molecule has 0 saturated carbocycles. The van der Waals surface area contributed by atoms with Gasteiger partial charge in [-0.1, -0.05) is 0 Å². The second-order valence-electron chi connectivity index (χ2n) is 7.65. The van der Waals surface area contributed by atoms with Crippen molar-refractivity contribution in [1.29, 1.82) is 0 Å². The molecule has 2 aromatic rings. The second-order valence-corrected chi connectivity index (χ2v) is 8.65. The quantitative estimate of drug-likeness (QED) is 0.733. The molecule has 0 aromatic carbocycles. The minimum atomic E-state index is -0.856. The van der Waals surface area contributed by atoms with E-state index in [4.69, 9.17) is 9.47 Å². The molecule has 0 bridgehead atoms. The number of nitrogens with zero attached hydrogens (tertiary/aromatic N) is 4. The van der Waals surface area contributed by atoms with Crippen LogP contribution in [0.25, 0.3) is 0 Å². The lowest BCUT2D eigenvalue weighted by molar-refractivity contribution is -0.173. The number of likely N-dealkylation sites (tertiary alicyclic amines) is 1. The number of aromatic nitrogens is 2. The highest BCUT2D eigenvalue weighted by Gasteiger charge is 2.57. The molecule has 1 amide bonds. The van der Waals surface area contributed by atoms with Crippen LogP contribution in [0.3, 0.4) is 0 Å². The molecular formula is C20H28N4O3S. The summed E-state index contributed by atoms with van der Waals surface area (Å²) in [5.74, 6) is 0.0329. The molecule has 28 heavy (non-hydrogen) atoms. The fourth-order valence-corrected chi connectivity index (χ4v) is 5.35. The number of hydrogen-bond donors (Lipinski definition) is 0.